The first-order valence-corrected chi connectivity index (χ1v) is 7.78. The van der Waals surface area contributed by atoms with Crippen molar-refractivity contribution >= 4 is 27.3 Å². The summed E-state index contributed by atoms with van der Waals surface area (Å²) in [7, 11) is -3.27. The Kier molecular flexibility index (Phi) is 3.43. The number of nitrogens with two attached hydrogens (primary N) is 1. The largest absolute Gasteiger partial charge is 0.409 e. The van der Waals surface area contributed by atoms with E-state index in [2.05, 4.69) is 10.5 Å². The number of carbonyl (C=O) groups is 1. The molecule has 8 heteroatoms. The Morgan fingerprint density at radius 3 is 2.30 bits per heavy atom. The Morgan fingerprint density at radius 1 is 1.35 bits per heavy atom. The molecular formula is C12H15N3O4S. The molecule has 4 N–H and O–H groups in total. The molecule has 0 unspecified atom stereocenters. The lowest BCUT2D eigenvalue weighted by Crippen LogP contribution is -2.36. The van der Waals surface area contributed by atoms with Crippen LogP contribution >= 0.6 is 0 Å². The van der Waals surface area contributed by atoms with Crippen molar-refractivity contribution in [2.45, 2.75) is 17.7 Å². The molecule has 0 radical (unpaired) electrons. The summed E-state index contributed by atoms with van der Waals surface area (Å²) < 4.78 is 22.6. The molecule has 1 aliphatic rings. The SMILES string of the molecule is CS(=O)(=O)c1ccc(NC(=O)C2(/C(N)=N/O)CC2)cc1. The fraction of sp³-hybridized carbons (Fsp3) is 0.333. The lowest BCUT2D eigenvalue weighted by molar-refractivity contribution is -0.119. The highest BCUT2D eigenvalue weighted by atomic mass is 32.2. The van der Waals surface area contributed by atoms with E-state index < -0.39 is 15.3 Å². The molecular weight excluding hydrogens is 282 g/mol. The van der Waals surface area contributed by atoms with E-state index in [-0.39, 0.29) is 16.6 Å². The monoisotopic (exact) mass is 297 g/mol. The summed E-state index contributed by atoms with van der Waals surface area (Å²) in [5, 5.41) is 14.2. The summed E-state index contributed by atoms with van der Waals surface area (Å²) in [5.41, 5.74) is 5.03. The predicted octanol–water partition coefficient (Wildman–Crippen LogP) is 0.555. The molecule has 1 saturated carbocycles. The van der Waals surface area contributed by atoms with Crippen LogP contribution in [0.4, 0.5) is 5.69 Å². The highest BCUT2D eigenvalue weighted by Gasteiger charge is 2.54. The van der Waals surface area contributed by atoms with Gasteiger partial charge < -0.3 is 16.3 Å². The molecule has 0 aromatic heterocycles. The van der Waals surface area contributed by atoms with Crippen molar-refractivity contribution in [1.82, 2.24) is 0 Å². The van der Waals surface area contributed by atoms with Gasteiger partial charge in [0.25, 0.3) is 0 Å². The van der Waals surface area contributed by atoms with Gasteiger partial charge >= 0.3 is 0 Å². The maximum Gasteiger partial charge on any atom is 0.238 e. The van der Waals surface area contributed by atoms with Crippen molar-refractivity contribution in [3.8, 4) is 0 Å². The van der Waals surface area contributed by atoms with Gasteiger partial charge in [-0.15, -0.1) is 0 Å². The lowest BCUT2D eigenvalue weighted by atomic mass is 10.1. The fourth-order valence-electron chi connectivity index (χ4n) is 1.86. The van der Waals surface area contributed by atoms with E-state index in [1.165, 1.54) is 24.3 Å². The Morgan fingerprint density at radius 2 is 1.90 bits per heavy atom. The molecule has 1 fully saturated rings. The van der Waals surface area contributed by atoms with Gasteiger partial charge in [-0.1, -0.05) is 5.16 Å². The lowest BCUT2D eigenvalue weighted by Gasteiger charge is -2.13. The number of amidine groups is 1. The van der Waals surface area contributed by atoms with Gasteiger partial charge in [0.2, 0.25) is 5.91 Å². The standard InChI is InChI=1S/C12H15N3O4S/c1-20(18,19)9-4-2-8(3-5-9)14-11(16)12(6-7-12)10(13)15-17/h2-5,17H,6-7H2,1H3,(H2,13,15)(H,14,16). The first-order chi connectivity index (χ1) is 9.29. The summed E-state index contributed by atoms with van der Waals surface area (Å²) in [6.45, 7) is 0. The average Bonchev–Trinajstić information content (AvgIpc) is 3.19. The molecule has 0 spiro atoms. The number of nitrogens with one attached hydrogen (secondary N) is 1. The van der Waals surface area contributed by atoms with Crippen molar-refractivity contribution in [3.63, 3.8) is 0 Å². The zero-order chi connectivity index (χ0) is 15.0. The second-order valence-electron chi connectivity index (χ2n) is 4.82. The smallest absolute Gasteiger partial charge is 0.238 e. The Labute approximate surface area is 116 Å². The van der Waals surface area contributed by atoms with Gasteiger partial charge in [0.1, 0.15) is 5.41 Å². The number of hydrogen-bond donors (Lipinski definition) is 3. The summed E-state index contributed by atoms with van der Waals surface area (Å²) in [5.74, 6) is -0.470. The van der Waals surface area contributed by atoms with Gasteiger partial charge in [-0.2, -0.15) is 0 Å². The summed E-state index contributed by atoms with van der Waals surface area (Å²) in [6.07, 6.45) is 2.16. The number of rotatable bonds is 4. The van der Waals surface area contributed by atoms with Gasteiger partial charge in [-0.25, -0.2) is 8.42 Å². The molecule has 0 saturated heterocycles. The minimum absolute atomic E-state index is 0.109. The van der Waals surface area contributed by atoms with Crippen LogP contribution in [0, 0.1) is 5.41 Å². The molecule has 7 nitrogen and oxygen atoms in total. The van der Waals surface area contributed by atoms with Gasteiger partial charge in [-0.3, -0.25) is 4.79 Å². The molecule has 1 amide bonds. The molecule has 1 aliphatic carbocycles. The number of benzene rings is 1. The number of nitrogens with zero attached hydrogens (tertiary/aromatic N) is 1. The molecule has 0 atom stereocenters. The highest BCUT2D eigenvalue weighted by Crippen LogP contribution is 2.46. The maximum atomic E-state index is 12.1. The van der Waals surface area contributed by atoms with Crippen LogP contribution in [-0.4, -0.2) is 31.6 Å². The number of carbonyl (C=O) groups excluding carboxylic acids is 1. The second-order valence-corrected chi connectivity index (χ2v) is 6.83. The molecule has 2 rings (SSSR count). The number of anilines is 1. The summed E-state index contributed by atoms with van der Waals surface area (Å²) >= 11 is 0. The molecule has 1 aromatic carbocycles. The normalized spacial score (nSPS) is 17.6. The maximum absolute atomic E-state index is 12.1. The van der Waals surface area contributed by atoms with Crippen LogP contribution in [0.5, 0.6) is 0 Å². The van der Waals surface area contributed by atoms with E-state index in [1.807, 2.05) is 0 Å². The third-order valence-corrected chi connectivity index (χ3v) is 4.45. The van der Waals surface area contributed by atoms with E-state index in [1.54, 1.807) is 0 Å². The van der Waals surface area contributed by atoms with Crippen LogP contribution in [0.15, 0.2) is 34.3 Å². The first-order valence-electron chi connectivity index (χ1n) is 5.89. The molecule has 0 aliphatic heterocycles. The molecule has 0 heterocycles. The Bertz CT molecular complexity index is 660. The van der Waals surface area contributed by atoms with Crippen LogP contribution in [0.3, 0.4) is 0 Å². The van der Waals surface area contributed by atoms with Crippen molar-refractivity contribution in [1.29, 1.82) is 0 Å². The Balaban J connectivity index is 2.14. The van der Waals surface area contributed by atoms with Crippen molar-refractivity contribution in [2.75, 3.05) is 11.6 Å². The fourth-order valence-corrected chi connectivity index (χ4v) is 2.49. The van der Waals surface area contributed by atoms with Crippen LogP contribution in [0.25, 0.3) is 0 Å². The molecule has 0 bridgehead atoms. The van der Waals surface area contributed by atoms with Crippen LogP contribution < -0.4 is 11.1 Å². The number of oxime groups is 1. The zero-order valence-corrected chi connectivity index (χ0v) is 11.6. The average molecular weight is 297 g/mol. The van der Waals surface area contributed by atoms with E-state index in [4.69, 9.17) is 10.9 Å². The van der Waals surface area contributed by atoms with Crippen LogP contribution in [0.1, 0.15) is 12.8 Å². The van der Waals surface area contributed by atoms with Gasteiger partial charge in [-0.05, 0) is 37.1 Å². The topological polar surface area (TPSA) is 122 Å². The van der Waals surface area contributed by atoms with Gasteiger partial charge in [0, 0.05) is 11.9 Å². The van der Waals surface area contributed by atoms with Crippen molar-refractivity contribution in [3.05, 3.63) is 24.3 Å². The predicted molar refractivity (Wildman–Crippen MR) is 73.3 cm³/mol. The minimum atomic E-state index is -3.27. The third kappa shape index (κ3) is 2.60. The quantitative estimate of drug-likeness (QED) is 0.324. The van der Waals surface area contributed by atoms with Crippen molar-refractivity contribution < 1.29 is 18.4 Å². The van der Waals surface area contributed by atoms with E-state index in [9.17, 15) is 13.2 Å². The molecule has 20 heavy (non-hydrogen) atoms. The van der Waals surface area contributed by atoms with Crippen LogP contribution in [0.2, 0.25) is 0 Å². The van der Waals surface area contributed by atoms with E-state index in [0.717, 1.165) is 6.26 Å². The van der Waals surface area contributed by atoms with Gasteiger partial charge in [0.05, 0.1) is 4.90 Å². The van der Waals surface area contributed by atoms with Gasteiger partial charge in [0.15, 0.2) is 15.7 Å². The van der Waals surface area contributed by atoms with Crippen molar-refractivity contribution in [2.24, 2.45) is 16.3 Å². The summed E-state index contributed by atoms with van der Waals surface area (Å²) in [6, 6.07) is 5.81. The second kappa shape index (κ2) is 4.78. The first kappa shape index (κ1) is 14.3. The highest BCUT2D eigenvalue weighted by molar-refractivity contribution is 7.90. The Hall–Kier alpha value is -2.09. The zero-order valence-electron chi connectivity index (χ0n) is 10.8. The van der Waals surface area contributed by atoms with Crippen LogP contribution in [-0.2, 0) is 14.6 Å². The van der Waals surface area contributed by atoms with E-state index >= 15 is 0 Å². The number of amides is 1. The molecule has 108 valence electrons. The minimum Gasteiger partial charge on any atom is -0.409 e. The number of hydrogen-bond acceptors (Lipinski definition) is 5. The number of sulfone groups is 1. The third-order valence-electron chi connectivity index (χ3n) is 3.32. The molecule has 1 aromatic rings. The van der Waals surface area contributed by atoms with E-state index in [0.29, 0.717) is 18.5 Å². The summed E-state index contributed by atoms with van der Waals surface area (Å²) in [4.78, 5) is 12.3.